The standard InChI is InChI=1S/C12H22N2O2/c1-3-5-9-12(15)14(8-13-9)10-6-4-7-11(10)16-2/h9-11,13H,3-8H2,1-2H3. The van der Waals surface area contributed by atoms with Crippen LogP contribution in [0.2, 0.25) is 0 Å². The minimum Gasteiger partial charge on any atom is -0.379 e. The first kappa shape index (κ1) is 11.9. The highest BCUT2D eigenvalue weighted by Crippen LogP contribution is 2.28. The summed E-state index contributed by atoms with van der Waals surface area (Å²) in [6.07, 6.45) is 5.58. The van der Waals surface area contributed by atoms with E-state index >= 15 is 0 Å². The summed E-state index contributed by atoms with van der Waals surface area (Å²) in [4.78, 5) is 14.1. The SMILES string of the molecule is CCCC1NCN(C2CCCC2OC)C1=O. The summed E-state index contributed by atoms with van der Waals surface area (Å²) in [5.41, 5.74) is 0. The van der Waals surface area contributed by atoms with Crippen molar-refractivity contribution in [2.45, 2.75) is 57.2 Å². The third-order valence-electron chi connectivity index (χ3n) is 3.79. The lowest BCUT2D eigenvalue weighted by molar-refractivity contribution is -0.133. The predicted octanol–water partition coefficient (Wildman–Crippen LogP) is 1.11. The number of methoxy groups -OCH3 is 1. The summed E-state index contributed by atoms with van der Waals surface area (Å²) >= 11 is 0. The maximum absolute atomic E-state index is 12.2. The van der Waals surface area contributed by atoms with Crippen molar-refractivity contribution in [2.75, 3.05) is 13.8 Å². The van der Waals surface area contributed by atoms with Crippen molar-refractivity contribution in [1.29, 1.82) is 0 Å². The first-order chi connectivity index (χ1) is 7.77. The Hall–Kier alpha value is -0.610. The van der Waals surface area contributed by atoms with Crippen LogP contribution in [0.5, 0.6) is 0 Å². The molecule has 0 radical (unpaired) electrons. The fourth-order valence-corrected chi connectivity index (χ4v) is 2.91. The van der Waals surface area contributed by atoms with Gasteiger partial charge in [0.1, 0.15) is 0 Å². The summed E-state index contributed by atoms with van der Waals surface area (Å²) in [5.74, 6) is 0.274. The molecular weight excluding hydrogens is 204 g/mol. The number of carbonyl (C=O) groups excluding carboxylic acids is 1. The normalized spacial score (nSPS) is 35.0. The van der Waals surface area contributed by atoms with Gasteiger partial charge in [0.2, 0.25) is 5.91 Å². The van der Waals surface area contributed by atoms with E-state index in [0.717, 1.165) is 25.7 Å². The Morgan fingerprint density at radius 2 is 2.31 bits per heavy atom. The van der Waals surface area contributed by atoms with E-state index in [1.807, 2.05) is 4.90 Å². The Kier molecular flexibility index (Phi) is 3.82. The van der Waals surface area contributed by atoms with E-state index in [9.17, 15) is 4.79 Å². The van der Waals surface area contributed by atoms with Crippen LogP contribution in [-0.2, 0) is 9.53 Å². The van der Waals surface area contributed by atoms with E-state index < -0.39 is 0 Å². The second-order valence-corrected chi connectivity index (χ2v) is 4.78. The zero-order chi connectivity index (χ0) is 11.5. The maximum atomic E-state index is 12.2. The minimum absolute atomic E-state index is 0.0445. The zero-order valence-corrected chi connectivity index (χ0v) is 10.2. The Morgan fingerprint density at radius 3 is 3.00 bits per heavy atom. The number of hydrogen-bond acceptors (Lipinski definition) is 3. The minimum atomic E-state index is 0.0445. The van der Waals surface area contributed by atoms with E-state index in [-0.39, 0.29) is 18.1 Å². The molecule has 3 atom stereocenters. The van der Waals surface area contributed by atoms with Crippen molar-refractivity contribution in [3.8, 4) is 0 Å². The molecule has 0 aromatic carbocycles. The van der Waals surface area contributed by atoms with Crippen LogP contribution in [0.4, 0.5) is 0 Å². The molecule has 16 heavy (non-hydrogen) atoms. The molecule has 1 saturated heterocycles. The lowest BCUT2D eigenvalue weighted by Crippen LogP contribution is -2.43. The number of ether oxygens (including phenoxy) is 1. The number of carbonyl (C=O) groups is 1. The smallest absolute Gasteiger partial charge is 0.241 e. The van der Waals surface area contributed by atoms with E-state index in [1.165, 1.54) is 6.42 Å². The number of amides is 1. The van der Waals surface area contributed by atoms with Gasteiger partial charge in [0.15, 0.2) is 0 Å². The molecule has 0 aromatic rings. The van der Waals surface area contributed by atoms with Crippen molar-refractivity contribution in [2.24, 2.45) is 0 Å². The van der Waals surface area contributed by atoms with Gasteiger partial charge in [-0.1, -0.05) is 13.3 Å². The van der Waals surface area contributed by atoms with Gasteiger partial charge in [0.05, 0.1) is 24.9 Å². The van der Waals surface area contributed by atoms with Crippen LogP contribution in [0.3, 0.4) is 0 Å². The fraction of sp³-hybridized carbons (Fsp3) is 0.917. The number of hydrogen-bond donors (Lipinski definition) is 1. The molecule has 3 unspecified atom stereocenters. The molecule has 1 saturated carbocycles. The summed E-state index contributed by atoms with van der Waals surface area (Å²) in [6, 6.07) is 0.343. The molecule has 1 amide bonds. The second-order valence-electron chi connectivity index (χ2n) is 4.78. The number of rotatable bonds is 4. The first-order valence-electron chi connectivity index (χ1n) is 6.34. The van der Waals surface area contributed by atoms with Crippen LogP contribution in [0, 0.1) is 0 Å². The van der Waals surface area contributed by atoms with Gasteiger partial charge < -0.3 is 9.64 Å². The molecule has 0 spiro atoms. The van der Waals surface area contributed by atoms with Gasteiger partial charge in [-0.3, -0.25) is 10.1 Å². The van der Waals surface area contributed by atoms with Crippen molar-refractivity contribution in [3.05, 3.63) is 0 Å². The third kappa shape index (κ3) is 2.09. The van der Waals surface area contributed by atoms with Crippen LogP contribution >= 0.6 is 0 Å². The summed E-state index contributed by atoms with van der Waals surface area (Å²) in [7, 11) is 1.75. The van der Waals surface area contributed by atoms with Crippen LogP contribution in [0.1, 0.15) is 39.0 Å². The Balaban J connectivity index is 1.98. The largest absolute Gasteiger partial charge is 0.379 e. The lowest BCUT2D eigenvalue weighted by atomic mass is 10.1. The van der Waals surface area contributed by atoms with Crippen LogP contribution < -0.4 is 5.32 Å². The predicted molar refractivity (Wildman–Crippen MR) is 62.0 cm³/mol. The molecule has 2 rings (SSSR count). The number of nitrogens with one attached hydrogen (secondary N) is 1. The molecule has 2 fully saturated rings. The van der Waals surface area contributed by atoms with Gasteiger partial charge in [0.25, 0.3) is 0 Å². The maximum Gasteiger partial charge on any atom is 0.241 e. The van der Waals surface area contributed by atoms with Gasteiger partial charge >= 0.3 is 0 Å². The highest BCUT2D eigenvalue weighted by Gasteiger charge is 2.40. The summed E-state index contributed by atoms with van der Waals surface area (Å²) < 4.78 is 5.46. The van der Waals surface area contributed by atoms with E-state index in [0.29, 0.717) is 12.7 Å². The van der Waals surface area contributed by atoms with E-state index in [1.54, 1.807) is 7.11 Å². The van der Waals surface area contributed by atoms with Gasteiger partial charge in [-0.2, -0.15) is 0 Å². The topological polar surface area (TPSA) is 41.6 Å². The summed E-state index contributed by atoms with van der Waals surface area (Å²) in [6.45, 7) is 2.82. The van der Waals surface area contributed by atoms with E-state index in [4.69, 9.17) is 4.74 Å². The monoisotopic (exact) mass is 226 g/mol. The van der Waals surface area contributed by atoms with Gasteiger partial charge in [-0.25, -0.2) is 0 Å². The highest BCUT2D eigenvalue weighted by molar-refractivity contribution is 5.84. The van der Waals surface area contributed by atoms with Crippen molar-refractivity contribution in [1.82, 2.24) is 10.2 Å². The molecule has 1 heterocycles. The fourth-order valence-electron chi connectivity index (χ4n) is 2.91. The van der Waals surface area contributed by atoms with Crippen LogP contribution in [0.25, 0.3) is 0 Å². The quantitative estimate of drug-likeness (QED) is 0.781. The molecule has 4 heteroatoms. The van der Waals surface area contributed by atoms with Gasteiger partial charge in [-0.15, -0.1) is 0 Å². The molecule has 1 N–H and O–H groups in total. The molecule has 1 aliphatic heterocycles. The Labute approximate surface area is 97.3 Å². The summed E-state index contributed by atoms with van der Waals surface area (Å²) in [5, 5.41) is 3.30. The zero-order valence-electron chi connectivity index (χ0n) is 10.2. The van der Waals surface area contributed by atoms with Crippen LogP contribution in [0.15, 0.2) is 0 Å². The van der Waals surface area contributed by atoms with E-state index in [2.05, 4.69) is 12.2 Å². The van der Waals surface area contributed by atoms with Gasteiger partial charge in [-0.05, 0) is 25.7 Å². The molecule has 4 nitrogen and oxygen atoms in total. The highest BCUT2D eigenvalue weighted by atomic mass is 16.5. The lowest BCUT2D eigenvalue weighted by Gasteiger charge is -2.28. The average Bonchev–Trinajstić information content (AvgIpc) is 2.87. The third-order valence-corrected chi connectivity index (χ3v) is 3.79. The molecule has 0 aromatic heterocycles. The Bertz CT molecular complexity index is 257. The van der Waals surface area contributed by atoms with Crippen molar-refractivity contribution >= 4 is 5.91 Å². The molecule has 2 aliphatic rings. The molecule has 0 bridgehead atoms. The van der Waals surface area contributed by atoms with Crippen molar-refractivity contribution < 1.29 is 9.53 Å². The average molecular weight is 226 g/mol. The molecule has 1 aliphatic carbocycles. The van der Waals surface area contributed by atoms with Crippen LogP contribution in [-0.4, -0.2) is 42.8 Å². The molecular formula is C12H22N2O2. The van der Waals surface area contributed by atoms with Crippen molar-refractivity contribution in [3.63, 3.8) is 0 Å². The second kappa shape index (κ2) is 5.15. The molecule has 92 valence electrons. The number of nitrogens with zero attached hydrogens (tertiary/aromatic N) is 1. The first-order valence-corrected chi connectivity index (χ1v) is 6.34. The Morgan fingerprint density at radius 1 is 1.50 bits per heavy atom. The van der Waals surface area contributed by atoms with Gasteiger partial charge in [0, 0.05) is 7.11 Å².